The van der Waals surface area contributed by atoms with Crippen molar-refractivity contribution < 1.29 is 14.8 Å². The molecule has 0 saturated carbocycles. The molecule has 1 aliphatic heterocycles. The average Bonchev–Trinajstić information content (AvgIpc) is 2.47. The van der Waals surface area contributed by atoms with Crippen LogP contribution in [0.25, 0.3) is 0 Å². The number of hydrogen-bond acceptors (Lipinski definition) is 3. The van der Waals surface area contributed by atoms with Gasteiger partial charge in [-0.25, -0.2) is 4.79 Å². The summed E-state index contributed by atoms with van der Waals surface area (Å²) < 4.78 is 0. The number of amides is 1. The lowest BCUT2D eigenvalue weighted by Crippen LogP contribution is -2.40. The molecule has 2 unspecified atom stereocenters. The van der Waals surface area contributed by atoms with Crippen LogP contribution >= 0.6 is 0 Å². The maximum absolute atomic E-state index is 11.4. The number of rotatable bonds is 3. The molecule has 6 heteroatoms. The number of terminal acetylenes is 1. The van der Waals surface area contributed by atoms with E-state index in [1.807, 2.05) is 0 Å². The van der Waals surface area contributed by atoms with E-state index in [9.17, 15) is 20.0 Å². The molecule has 0 bridgehead atoms. The van der Waals surface area contributed by atoms with Crippen LogP contribution in [0, 0.1) is 28.4 Å². The molecule has 2 rings (SSSR count). The summed E-state index contributed by atoms with van der Waals surface area (Å²) in [6, 6.07) is 5.75. The SMILES string of the molecule is C#CCC1CCN(C(=O)O)C(c2ccc([N+](=O)[O-])cc2)C1. The zero-order valence-corrected chi connectivity index (χ0v) is 11.4. The van der Waals surface area contributed by atoms with E-state index in [-0.39, 0.29) is 17.6 Å². The molecule has 2 atom stereocenters. The highest BCUT2D eigenvalue weighted by molar-refractivity contribution is 5.66. The molecule has 0 spiro atoms. The van der Waals surface area contributed by atoms with Crippen LogP contribution in [0.15, 0.2) is 24.3 Å². The van der Waals surface area contributed by atoms with E-state index in [0.29, 0.717) is 19.4 Å². The Hall–Kier alpha value is -2.55. The van der Waals surface area contributed by atoms with Crippen LogP contribution in [0.5, 0.6) is 0 Å². The second-order valence-corrected chi connectivity index (χ2v) is 5.14. The highest BCUT2D eigenvalue weighted by Gasteiger charge is 2.32. The van der Waals surface area contributed by atoms with Crippen molar-refractivity contribution in [2.24, 2.45) is 5.92 Å². The largest absolute Gasteiger partial charge is 0.465 e. The topological polar surface area (TPSA) is 83.7 Å². The molecule has 6 nitrogen and oxygen atoms in total. The van der Waals surface area contributed by atoms with E-state index >= 15 is 0 Å². The smallest absolute Gasteiger partial charge is 0.407 e. The third-order valence-electron chi connectivity index (χ3n) is 3.85. The van der Waals surface area contributed by atoms with Gasteiger partial charge in [0, 0.05) is 25.1 Å². The number of nitro benzene ring substituents is 1. The Labute approximate surface area is 122 Å². The maximum atomic E-state index is 11.4. The number of non-ortho nitro benzene ring substituents is 1. The van der Waals surface area contributed by atoms with Crippen LogP contribution in [0.4, 0.5) is 10.5 Å². The summed E-state index contributed by atoms with van der Waals surface area (Å²) in [5.74, 6) is 2.91. The molecular weight excluding hydrogens is 272 g/mol. The molecule has 1 aromatic rings. The molecule has 110 valence electrons. The molecule has 21 heavy (non-hydrogen) atoms. The van der Waals surface area contributed by atoms with Gasteiger partial charge in [-0.2, -0.15) is 0 Å². The summed E-state index contributed by atoms with van der Waals surface area (Å²) in [6.07, 6.45) is 6.38. The number of carbonyl (C=O) groups is 1. The minimum Gasteiger partial charge on any atom is -0.465 e. The van der Waals surface area contributed by atoms with Gasteiger partial charge >= 0.3 is 6.09 Å². The van der Waals surface area contributed by atoms with Gasteiger partial charge in [0.1, 0.15) is 0 Å². The molecule has 1 amide bonds. The number of hydrogen-bond donors (Lipinski definition) is 1. The monoisotopic (exact) mass is 288 g/mol. The highest BCUT2D eigenvalue weighted by Crippen LogP contribution is 2.36. The summed E-state index contributed by atoms with van der Waals surface area (Å²) in [7, 11) is 0. The molecule has 1 aliphatic rings. The predicted octanol–water partition coefficient (Wildman–Crippen LogP) is 3.05. The van der Waals surface area contributed by atoms with Gasteiger partial charge in [0.25, 0.3) is 5.69 Å². The van der Waals surface area contributed by atoms with E-state index in [2.05, 4.69) is 5.92 Å². The lowest BCUT2D eigenvalue weighted by Gasteiger charge is -2.37. The Balaban J connectivity index is 2.24. The van der Waals surface area contributed by atoms with Crippen molar-refractivity contribution in [3.8, 4) is 12.3 Å². The number of likely N-dealkylation sites (tertiary alicyclic amines) is 1. The Morgan fingerprint density at radius 2 is 2.14 bits per heavy atom. The van der Waals surface area contributed by atoms with Crippen molar-refractivity contribution in [1.82, 2.24) is 4.90 Å². The van der Waals surface area contributed by atoms with Crippen molar-refractivity contribution in [3.05, 3.63) is 39.9 Å². The van der Waals surface area contributed by atoms with Gasteiger partial charge in [0.15, 0.2) is 0 Å². The van der Waals surface area contributed by atoms with Gasteiger partial charge in [-0.05, 0) is 24.3 Å². The normalized spacial score (nSPS) is 21.6. The van der Waals surface area contributed by atoms with Gasteiger partial charge in [0.05, 0.1) is 11.0 Å². The van der Waals surface area contributed by atoms with Gasteiger partial charge in [-0.1, -0.05) is 12.1 Å². The number of benzene rings is 1. The number of carboxylic acid groups (broad SMARTS) is 1. The summed E-state index contributed by atoms with van der Waals surface area (Å²) >= 11 is 0. The molecular formula is C15H16N2O4. The standard InChI is InChI=1S/C15H16N2O4/c1-2-3-11-8-9-16(15(18)19)14(10-11)12-4-6-13(7-5-12)17(20)21/h1,4-7,11,14H,3,8-10H2,(H,18,19). The first-order valence-corrected chi connectivity index (χ1v) is 6.70. The molecule has 0 radical (unpaired) electrons. The van der Waals surface area contributed by atoms with Gasteiger partial charge < -0.3 is 10.0 Å². The zero-order valence-electron chi connectivity index (χ0n) is 11.4. The van der Waals surface area contributed by atoms with Crippen LogP contribution in [0.3, 0.4) is 0 Å². The molecule has 1 heterocycles. The molecule has 1 aromatic carbocycles. The third kappa shape index (κ3) is 3.31. The summed E-state index contributed by atoms with van der Waals surface area (Å²) in [4.78, 5) is 22.9. The number of piperidine rings is 1. The van der Waals surface area contributed by atoms with Crippen molar-refractivity contribution >= 4 is 11.8 Å². The highest BCUT2D eigenvalue weighted by atomic mass is 16.6. The Kier molecular flexibility index (Phi) is 4.43. The Bertz CT molecular complexity index is 576. The van der Waals surface area contributed by atoms with Crippen LogP contribution in [0.1, 0.15) is 30.9 Å². The quantitative estimate of drug-likeness (QED) is 0.526. The van der Waals surface area contributed by atoms with Crippen molar-refractivity contribution in [2.45, 2.75) is 25.3 Å². The fraction of sp³-hybridized carbons (Fsp3) is 0.400. The summed E-state index contributed by atoms with van der Waals surface area (Å²) in [5, 5.41) is 20.0. The van der Waals surface area contributed by atoms with Crippen LogP contribution in [-0.2, 0) is 0 Å². The minimum atomic E-state index is -0.975. The lowest BCUT2D eigenvalue weighted by atomic mass is 9.85. The fourth-order valence-corrected chi connectivity index (χ4v) is 2.75. The first-order chi connectivity index (χ1) is 10.0. The number of nitrogens with zero attached hydrogens (tertiary/aromatic N) is 2. The molecule has 0 aliphatic carbocycles. The Morgan fingerprint density at radius 3 is 2.67 bits per heavy atom. The number of nitro groups is 1. The van der Waals surface area contributed by atoms with E-state index in [4.69, 9.17) is 6.42 Å². The molecule has 0 aromatic heterocycles. The Morgan fingerprint density at radius 1 is 1.48 bits per heavy atom. The van der Waals surface area contributed by atoms with E-state index in [1.54, 1.807) is 12.1 Å². The second kappa shape index (κ2) is 6.27. The third-order valence-corrected chi connectivity index (χ3v) is 3.85. The van der Waals surface area contributed by atoms with E-state index < -0.39 is 11.0 Å². The van der Waals surface area contributed by atoms with Crippen LogP contribution in [0.2, 0.25) is 0 Å². The van der Waals surface area contributed by atoms with Crippen molar-refractivity contribution in [2.75, 3.05) is 6.54 Å². The van der Waals surface area contributed by atoms with Gasteiger partial charge in [0.2, 0.25) is 0 Å². The molecule has 1 saturated heterocycles. The van der Waals surface area contributed by atoms with E-state index in [1.165, 1.54) is 17.0 Å². The van der Waals surface area contributed by atoms with Gasteiger partial charge in [-0.15, -0.1) is 12.3 Å². The van der Waals surface area contributed by atoms with E-state index in [0.717, 1.165) is 12.0 Å². The second-order valence-electron chi connectivity index (χ2n) is 5.14. The summed E-state index contributed by atoms with van der Waals surface area (Å²) in [6.45, 7) is 0.434. The first-order valence-electron chi connectivity index (χ1n) is 6.70. The van der Waals surface area contributed by atoms with Gasteiger partial charge in [-0.3, -0.25) is 10.1 Å². The van der Waals surface area contributed by atoms with Crippen LogP contribution < -0.4 is 0 Å². The van der Waals surface area contributed by atoms with Crippen molar-refractivity contribution in [3.63, 3.8) is 0 Å². The van der Waals surface area contributed by atoms with Crippen LogP contribution in [-0.4, -0.2) is 27.6 Å². The lowest BCUT2D eigenvalue weighted by molar-refractivity contribution is -0.384. The average molecular weight is 288 g/mol. The molecule has 1 N–H and O–H groups in total. The summed E-state index contributed by atoms with van der Waals surface area (Å²) in [5.41, 5.74) is 0.765. The fourth-order valence-electron chi connectivity index (χ4n) is 2.75. The van der Waals surface area contributed by atoms with Crippen molar-refractivity contribution in [1.29, 1.82) is 0 Å². The molecule has 1 fully saturated rings. The predicted molar refractivity (Wildman–Crippen MR) is 76.7 cm³/mol. The zero-order chi connectivity index (χ0) is 15.4. The maximum Gasteiger partial charge on any atom is 0.407 e. The first kappa shape index (κ1) is 14.9. The minimum absolute atomic E-state index is 0.00314.